The second-order valence-corrected chi connectivity index (χ2v) is 8.07. The molecule has 4 nitrogen and oxygen atoms in total. The topological polar surface area (TPSA) is 58.2 Å². The molecule has 0 radical (unpaired) electrons. The third kappa shape index (κ3) is 3.24. The third-order valence-corrected chi connectivity index (χ3v) is 6.28. The van der Waals surface area contributed by atoms with Crippen molar-refractivity contribution in [3.05, 3.63) is 23.8 Å². The van der Waals surface area contributed by atoms with Gasteiger partial charge in [0, 0.05) is 18.3 Å². The van der Waals surface area contributed by atoms with Gasteiger partial charge in [-0.05, 0) is 62.1 Å². The SMILES string of the molecule is CC1CCC(NS(=O)(=O)c2cccc3c2CCCN3)CC1. The minimum Gasteiger partial charge on any atom is -0.385 e. The highest BCUT2D eigenvalue weighted by Crippen LogP contribution is 2.30. The van der Waals surface area contributed by atoms with Crippen molar-refractivity contribution in [3.8, 4) is 0 Å². The number of hydrogen-bond acceptors (Lipinski definition) is 3. The summed E-state index contributed by atoms with van der Waals surface area (Å²) in [7, 11) is -3.41. The van der Waals surface area contributed by atoms with Gasteiger partial charge in [-0.25, -0.2) is 13.1 Å². The molecule has 1 saturated carbocycles. The minimum absolute atomic E-state index is 0.0959. The predicted octanol–water partition coefficient (Wildman–Crippen LogP) is 2.90. The molecule has 1 aromatic rings. The molecule has 5 heteroatoms. The number of anilines is 1. The summed E-state index contributed by atoms with van der Waals surface area (Å²) in [5, 5.41) is 3.29. The smallest absolute Gasteiger partial charge is 0.241 e. The van der Waals surface area contributed by atoms with Crippen LogP contribution in [0, 0.1) is 5.92 Å². The summed E-state index contributed by atoms with van der Waals surface area (Å²) in [5.41, 5.74) is 1.92. The molecule has 2 N–H and O–H groups in total. The first-order valence-corrected chi connectivity index (χ1v) is 9.42. The van der Waals surface area contributed by atoms with Crippen molar-refractivity contribution in [2.24, 2.45) is 5.92 Å². The van der Waals surface area contributed by atoms with Crippen LogP contribution in [0.3, 0.4) is 0 Å². The second-order valence-electron chi connectivity index (χ2n) is 6.39. The Balaban J connectivity index is 1.82. The summed E-state index contributed by atoms with van der Waals surface area (Å²) >= 11 is 0. The second kappa shape index (κ2) is 5.97. The number of fused-ring (bicyclic) bond motifs is 1. The number of nitrogens with one attached hydrogen (secondary N) is 2. The molecule has 0 bridgehead atoms. The van der Waals surface area contributed by atoms with Gasteiger partial charge in [-0.2, -0.15) is 0 Å². The van der Waals surface area contributed by atoms with E-state index in [0.29, 0.717) is 4.90 Å². The number of rotatable bonds is 3. The highest BCUT2D eigenvalue weighted by molar-refractivity contribution is 7.89. The molecule has 1 aromatic carbocycles. The Morgan fingerprint density at radius 3 is 2.71 bits per heavy atom. The van der Waals surface area contributed by atoms with Crippen LogP contribution < -0.4 is 10.0 Å². The molecule has 1 heterocycles. The van der Waals surface area contributed by atoms with Crippen molar-refractivity contribution in [2.45, 2.75) is 56.4 Å². The van der Waals surface area contributed by atoms with Crippen molar-refractivity contribution in [1.82, 2.24) is 4.72 Å². The van der Waals surface area contributed by atoms with E-state index < -0.39 is 10.0 Å². The van der Waals surface area contributed by atoms with Gasteiger partial charge in [0.15, 0.2) is 0 Å². The molecule has 0 amide bonds. The van der Waals surface area contributed by atoms with E-state index >= 15 is 0 Å². The summed E-state index contributed by atoms with van der Waals surface area (Å²) in [5.74, 6) is 0.722. The summed E-state index contributed by atoms with van der Waals surface area (Å²) in [6, 6.07) is 5.63. The van der Waals surface area contributed by atoms with Gasteiger partial charge < -0.3 is 5.32 Å². The van der Waals surface area contributed by atoms with Gasteiger partial charge in [-0.15, -0.1) is 0 Å². The van der Waals surface area contributed by atoms with Crippen molar-refractivity contribution in [1.29, 1.82) is 0 Å². The average molecular weight is 308 g/mol. The van der Waals surface area contributed by atoms with Crippen LogP contribution in [-0.4, -0.2) is 21.0 Å². The zero-order valence-electron chi connectivity index (χ0n) is 12.6. The van der Waals surface area contributed by atoms with E-state index in [1.165, 1.54) is 0 Å². The molecule has 0 unspecified atom stereocenters. The van der Waals surface area contributed by atoms with Crippen molar-refractivity contribution in [3.63, 3.8) is 0 Å². The van der Waals surface area contributed by atoms with Crippen LogP contribution >= 0.6 is 0 Å². The molecule has 1 fully saturated rings. The van der Waals surface area contributed by atoms with Gasteiger partial charge in [-0.1, -0.05) is 13.0 Å². The highest BCUT2D eigenvalue weighted by Gasteiger charge is 2.27. The Bertz CT molecular complexity index is 605. The van der Waals surface area contributed by atoms with Gasteiger partial charge in [0.2, 0.25) is 10.0 Å². The van der Waals surface area contributed by atoms with Crippen LogP contribution in [0.5, 0.6) is 0 Å². The maximum atomic E-state index is 12.7. The van der Waals surface area contributed by atoms with Gasteiger partial charge >= 0.3 is 0 Å². The molecular weight excluding hydrogens is 284 g/mol. The standard InChI is InChI=1S/C16H24N2O2S/c1-12-7-9-13(10-8-12)18-21(19,20)16-6-2-5-15-14(16)4-3-11-17-15/h2,5-6,12-13,17-18H,3-4,7-11H2,1H3. The maximum Gasteiger partial charge on any atom is 0.241 e. The van der Waals surface area contributed by atoms with Crippen LogP contribution in [0.15, 0.2) is 23.1 Å². The number of hydrogen-bond donors (Lipinski definition) is 2. The Kier molecular flexibility index (Phi) is 4.22. The van der Waals surface area contributed by atoms with Crippen molar-refractivity contribution >= 4 is 15.7 Å². The Labute approximate surface area is 127 Å². The van der Waals surface area contributed by atoms with Crippen LogP contribution in [-0.2, 0) is 16.4 Å². The molecule has 1 aliphatic heterocycles. The summed E-state index contributed by atoms with van der Waals surface area (Å²) < 4.78 is 28.4. The molecular formula is C16H24N2O2S. The van der Waals surface area contributed by atoms with E-state index in [2.05, 4.69) is 17.0 Å². The molecule has 0 spiro atoms. The van der Waals surface area contributed by atoms with Crippen LogP contribution in [0.1, 0.15) is 44.6 Å². The summed E-state index contributed by atoms with van der Waals surface area (Å²) in [6.07, 6.45) is 5.95. The van der Waals surface area contributed by atoms with E-state index in [4.69, 9.17) is 0 Å². The van der Waals surface area contributed by atoms with Crippen molar-refractivity contribution < 1.29 is 8.42 Å². The zero-order valence-corrected chi connectivity index (χ0v) is 13.4. The molecule has 0 atom stereocenters. The highest BCUT2D eigenvalue weighted by atomic mass is 32.2. The van der Waals surface area contributed by atoms with Gasteiger partial charge in [0.1, 0.15) is 0 Å². The first-order chi connectivity index (χ1) is 10.1. The fourth-order valence-electron chi connectivity index (χ4n) is 3.39. The third-order valence-electron chi connectivity index (χ3n) is 4.68. The molecule has 0 saturated heterocycles. The first-order valence-electron chi connectivity index (χ1n) is 7.94. The molecule has 21 heavy (non-hydrogen) atoms. The molecule has 2 aliphatic rings. The summed E-state index contributed by atoms with van der Waals surface area (Å²) in [4.78, 5) is 0.464. The van der Waals surface area contributed by atoms with E-state index in [1.54, 1.807) is 6.07 Å². The van der Waals surface area contributed by atoms with E-state index in [1.807, 2.05) is 12.1 Å². The van der Waals surface area contributed by atoms with Gasteiger partial charge in [-0.3, -0.25) is 0 Å². The lowest BCUT2D eigenvalue weighted by Crippen LogP contribution is -2.37. The monoisotopic (exact) mass is 308 g/mol. The summed E-state index contributed by atoms with van der Waals surface area (Å²) in [6.45, 7) is 3.16. The van der Waals surface area contributed by atoms with Crippen LogP contribution in [0.25, 0.3) is 0 Å². The van der Waals surface area contributed by atoms with E-state index in [-0.39, 0.29) is 6.04 Å². The molecule has 3 rings (SSSR count). The van der Waals surface area contributed by atoms with E-state index in [9.17, 15) is 8.42 Å². The number of benzene rings is 1. The Hall–Kier alpha value is -1.07. The predicted molar refractivity (Wildman–Crippen MR) is 85.0 cm³/mol. The lowest BCUT2D eigenvalue weighted by molar-refractivity contribution is 0.332. The normalized spacial score (nSPS) is 26.0. The van der Waals surface area contributed by atoms with Crippen LogP contribution in [0.2, 0.25) is 0 Å². The molecule has 0 aromatic heterocycles. The lowest BCUT2D eigenvalue weighted by atomic mass is 9.88. The zero-order chi connectivity index (χ0) is 14.9. The molecule has 116 valence electrons. The maximum absolute atomic E-state index is 12.7. The largest absolute Gasteiger partial charge is 0.385 e. The quantitative estimate of drug-likeness (QED) is 0.902. The average Bonchev–Trinajstić information content (AvgIpc) is 2.49. The lowest BCUT2D eigenvalue weighted by Gasteiger charge is -2.27. The van der Waals surface area contributed by atoms with Gasteiger partial charge in [0.05, 0.1) is 4.90 Å². The fraction of sp³-hybridized carbons (Fsp3) is 0.625. The van der Waals surface area contributed by atoms with E-state index in [0.717, 1.165) is 62.2 Å². The number of sulfonamides is 1. The minimum atomic E-state index is -3.41. The first kappa shape index (κ1) is 14.9. The Morgan fingerprint density at radius 1 is 1.19 bits per heavy atom. The fourth-order valence-corrected chi connectivity index (χ4v) is 4.99. The van der Waals surface area contributed by atoms with Crippen LogP contribution in [0.4, 0.5) is 5.69 Å². The van der Waals surface area contributed by atoms with Gasteiger partial charge in [0.25, 0.3) is 0 Å². The van der Waals surface area contributed by atoms with Crippen molar-refractivity contribution in [2.75, 3.05) is 11.9 Å². The Morgan fingerprint density at radius 2 is 1.95 bits per heavy atom. The molecule has 1 aliphatic carbocycles.